The fourth-order valence-corrected chi connectivity index (χ4v) is 13.9. The van der Waals surface area contributed by atoms with Gasteiger partial charge in [0, 0.05) is 89.8 Å². The SMILES string of the molecule is CC(C)[N+](C)(C)C(C)C.CC(C)[N+]1(C(C)C)CC=CC1.CC(C)c1cc[n+](C(C)C)cc1.CC(C)c1ccc[n+](C(C)C)c1.CC(C)c1cccc[n+]1C(C)C.CC(C)c1cnc[n+](C(C)C)c1.CC(C)c1nc2ccc[n+](C(C)C)c2o1.CC(C)n1cc[n+](C(C)C)c1.CC(C)n1ccc2c1ccc[n+]2C(C)C.CC(C)n1cnc2c1ccc[n+]2C(C)C. The molecule has 12 heterocycles. The third-order valence-electron chi connectivity index (χ3n) is 23.9. The summed E-state index contributed by atoms with van der Waals surface area (Å²) in [6.45, 7) is 90.8. The maximum atomic E-state index is 5.77. The first-order valence-electron chi connectivity index (χ1n) is 47.3. The molecule has 0 atom stereocenters. The molecular weight excluding hydrogens is 1530 g/mol. The number of rotatable bonds is 20. The lowest BCUT2D eigenvalue weighted by Crippen LogP contribution is -2.55. The molecule has 1 aliphatic rings. The Bertz CT molecular complexity index is 4490. The second kappa shape index (κ2) is 52.4. The van der Waals surface area contributed by atoms with Crippen LogP contribution in [0.3, 0.4) is 0 Å². The second-order valence-corrected chi connectivity index (χ2v) is 40.1. The summed E-state index contributed by atoms with van der Waals surface area (Å²) in [4.78, 5) is 13.1. The van der Waals surface area contributed by atoms with Crippen LogP contribution < -0.4 is 36.5 Å². The van der Waals surface area contributed by atoms with Crippen molar-refractivity contribution in [3.63, 3.8) is 0 Å². The fraction of sp³-hybridized carbons (Fsp3) is 0.598. The van der Waals surface area contributed by atoms with Crippen LogP contribution in [0.15, 0.2) is 201 Å². The van der Waals surface area contributed by atoms with E-state index in [1.54, 1.807) is 0 Å². The number of fused-ring (bicyclic) bond motifs is 3. The van der Waals surface area contributed by atoms with E-state index in [1.165, 1.54) is 56.5 Å². The van der Waals surface area contributed by atoms with Gasteiger partial charge in [-0.05, 0) is 278 Å². The average molecular weight is 1710 g/mol. The van der Waals surface area contributed by atoms with Crippen LogP contribution in [0.5, 0.6) is 0 Å². The number of quaternary nitrogens is 2. The highest BCUT2D eigenvalue weighted by atomic mass is 16.4. The van der Waals surface area contributed by atoms with E-state index < -0.39 is 0 Å². The number of hydrogen-bond donors (Lipinski definition) is 0. The van der Waals surface area contributed by atoms with E-state index in [2.05, 4.69) is 516 Å². The van der Waals surface area contributed by atoms with Gasteiger partial charge in [-0.1, -0.05) is 80.3 Å². The van der Waals surface area contributed by atoms with E-state index >= 15 is 0 Å². The Labute approximate surface area is 756 Å². The van der Waals surface area contributed by atoms with Gasteiger partial charge in [-0.15, -0.1) is 0 Å². The van der Waals surface area contributed by atoms with Gasteiger partial charge in [0.15, 0.2) is 84.8 Å². The Kier molecular flexibility index (Phi) is 46.3. The van der Waals surface area contributed by atoms with Gasteiger partial charge >= 0.3 is 11.4 Å². The third-order valence-corrected chi connectivity index (χ3v) is 23.9. The summed E-state index contributed by atoms with van der Waals surface area (Å²) in [5.74, 6) is 3.56. The monoisotopic (exact) mass is 1710 g/mol. The van der Waals surface area contributed by atoms with Crippen molar-refractivity contribution in [1.82, 2.24) is 28.7 Å². The van der Waals surface area contributed by atoms with Crippen molar-refractivity contribution in [1.29, 1.82) is 0 Å². The minimum absolute atomic E-state index is 0.331. The molecule has 0 unspecified atom stereocenters. The molecule has 0 fully saturated rings. The Morgan fingerprint density at radius 3 is 1.27 bits per heavy atom. The Hall–Kier alpha value is -8.67. The van der Waals surface area contributed by atoms with Crippen molar-refractivity contribution in [2.45, 2.75) is 397 Å². The normalized spacial score (nSPS) is 12.6. The maximum absolute atomic E-state index is 5.77. The molecule has 11 aromatic heterocycles. The van der Waals surface area contributed by atoms with Gasteiger partial charge in [-0.3, -0.25) is 0 Å². The van der Waals surface area contributed by atoms with Crippen LogP contribution in [0.2, 0.25) is 0 Å². The Morgan fingerprint density at radius 1 is 0.379 bits per heavy atom. The first-order valence-corrected chi connectivity index (χ1v) is 47.3. The first kappa shape index (κ1) is 110. The molecule has 0 spiro atoms. The standard InChI is InChI=1S/C13H19N2.C12H18N3.C12H17N2O.3C11H18N.C10H17N2.C10H20N.C9H17N2.C8H20N/c1-10(2)14-8-5-6-12-13(14)7-9-15(12)11(3)4;1-9(2)14-7-5-6-11-12(14)13-8-15(11)10(3)4;1-8(2)11-13-10-6-5-7-14(9(3)4)12(10)15-11;1-9(2)11-5-7-12(8-6-11)10(3)4;1-9(2)11-6-5-7-12(8-11)10(3)4;1-9(2)11-7-5-6-8-12(11)10(3)4;1-8(2)10-5-11-7-12(6-10)9(3)4;1-9(2)11(10(3)4)7-5-6-8-11;1-8(2)10-5-6-11(7-10)9(3)4;1-7(2)9(5,6)8(3)4/h5-11H,1-4H3;5-10H,1-4H3;5-9H,1-4H3;3*5-10H,1-4H3;5-9H,1-4H3;5-6,9-10H,7-8H2,1-4H3;5-9H,1-4H3;7-8H,1-6H3/q10*+1. The van der Waals surface area contributed by atoms with E-state index in [0.717, 1.165) is 51.4 Å². The van der Waals surface area contributed by atoms with E-state index in [1.807, 2.05) is 37.2 Å². The predicted octanol–water partition coefficient (Wildman–Crippen LogP) is 24.5. The van der Waals surface area contributed by atoms with Gasteiger partial charge in [0.1, 0.15) is 29.6 Å². The quantitative estimate of drug-likeness (QED) is 0.0431. The van der Waals surface area contributed by atoms with E-state index in [4.69, 9.17) is 4.42 Å². The molecule has 0 radical (unpaired) electrons. The lowest BCUT2D eigenvalue weighted by molar-refractivity contribution is -0.952. The Balaban J connectivity index is 0.000000357. The highest BCUT2D eigenvalue weighted by Gasteiger charge is 2.35. The maximum Gasteiger partial charge on any atom is 0.401 e. The molecule has 17 heteroatoms. The van der Waals surface area contributed by atoms with Gasteiger partial charge in [-0.2, -0.15) is 9.13 Å². The lowest BCUT2D eigenvalue weighted by Gasteiger charge is -2.42. The number of oxazole rings is 1. The molecule has 17 nitrogen and oxygen atoms in total. The summed E-state index contributed by atoms with van der Waals surface area (Å²) in [5, 5.41) is 0. The summed E-state index contributed by atoms with van der Waals surface area (Å²) in [7, 11) is 4.55. The first-order chi connectivity index (χ1) is 57.9. The van der Waals surface area contributed by atoms with Crippen molar-refractivity contribution < 1.29 is 49.9 Å². The number of hydrogen-bond acceptors (Lipinski definition) is 4. The van der Waals surface area contributed by atoms with E-state index in [9.17, 15) is 0 Å². The summed E-state index contributed by atoms with van der Waals surface area (Å²) in [5.41, 5.74) is 12.3. The van der Waals surface area contributed by atoms with Crippen molar-refractivity contribution >= 4 is 33.4 Å². The summed E-state index contributed by atoms with van der Waals surface area (Å²) in [6, 6.07) is 38.4. The molecule has 0 saturated heterocycles. The topological polar surface area (TPSA) is 97.6 Å². The van der Waals surface area contributed by atoms with Crippen molar-refractivity contribution in [3.05, 3.63) is 225 Å². The van der Waals surface area contributed by atoms with Gasteiger partial charge in [0.05, 0.1) is 87.9 Å². The average Bonchev–Trinajstić information content (AvgIpc) is 1.66. The van der Waals surface area contributed by atoms with Crippen LogP contribution in [-0.2, 0) is 0 Å². The van der Waals surface area contributed by atoms with Gasteiger partial charge in [-0.25, -0.2) is 37.0 Å². The molecule has 124 heavy (non-hydrogen) atoms. The number of nitrogens with zero attached hydrogens (tertiary/aromatic N) is 16. The van der Waals surface area contributed by atoms with Crippen LogP contribution in [0.4, 0.5) is 0 Å². The molecule has 0 N–H and O–H groups in total. The number of imidazole rings is 2. The second-order valence-electron chi connectivity index (χ2n) is 40.1. The molecule has 1 aliphatic heterocycles. The molecule has 0 saturated carbocycles. The third kappa shape index (κ3) is 33.6. The lowest BCUT2D eigenvalue weighted by atomic mass is 10.1. The zero-order chi connectivity index (χ0) is 94.1. The fourth-order valence-electron chi connectivity index (χ4n) is 13.9. The molecule has 0 amide bonds. The molecule has 0 bridgehead atoms. The van der Waals surface area contributed by atoms with Crippen LogP contribution in [0.1, 0.15) is 401 Å². The largest absolute Gasteiger partial charge is 0.401 e. The smallest absolute Gasteiger partial charge is 0.388 e. The molecular formula is C107H182N16O+10. The van der Waals surface area contributed by atoms with Gasteiger partial charge in [0.25, 0.3) is 6.33 Å². The highest BCUT2D eigenvalue weighted by Crippen LogP contribution is 2.25. The highest BCUT2D eigenvalue weighted by molar-refractivity contribution is 5.72. The van der Waals surface area contributed by atoms with Crippen molar-refractivity contribution in [3.8, 4) is 0 Å². The zero-order valence-electron chi connectivity index (χ0n) is 86.5. The van der Waals surface area contributed by atoms with Crippen molar-refractivity contribution in [2.24, 2.45) is 0 Å². The molecule has 686 valence electrons. The number of aromatic nitrogens is 14. The van der Waals surface area contributed by atoms with Crippen LogP contribution in [-0.4, -0.2) is 89.0 Å². The minimum Gasteiger partial charge on any atom is -0.388 e. The van der Waals surface area contributed by atoms with E-state index in [0.29, 0.717) is 96.0 Å². The zero-order valence-corrected chi connectivity index (χ0v) is 86.5. The summed E-state index contributed by atoms with van der Waals surface area (Å²) >= 11 is 0. The van der Waals surface area contributed by atoms with Crippen LogP contribution >= 0.6 is 0 Å². The molecule has 0 aromatic carbocycles. The van der Waals surface area contributed by atoms with E-state index in [-0.39, 0.29) is 0 Å². The van der Waals surface area contributed by atoms with Gasteiger partial charge in [0.2, 0.25) is 24.1 Å². The molecule has 11 aromatic rings. The molecule has 12 rings (SSSR count). The molecule has 0 aliphatic carbocycles. The number of pyridine rings is 6. The van der Waals surface area contributed by atoms with Crippen LogP contribution in [0.25, 0.3) is 33.4 Å². The van der Waals surface area contributed by atoms with Crippen molar-refractivity contribution in [2.75, 3.05) is 27.2 Å². The van der Waals surface area contributed by atoms with Crippen LogP contribution in [0, 0.1) is 0 Å². The summed E-state index contributed by atoms with van der Waals surface area (Å²) < 4.78 is 32.6. The minimum atomic E-state index is 0.331. The predicted molar refractivity (Wildman–Crippen MR) is 522 cm³/mol. The Morgan fingerprint density at radius 2 is 0.855 bits per heavy atom. The summed E-state index contributed by atoms with van der Waals surface area (Å²) in [6.07, 6.45) is 38.2. The van der Waals surface area contributed by atoms with Gasteiger partial charge < -0.3 is 22.5 Å².